The van der Waals surface area contributed by atoms with Gasteiger partial charge in [-0.3, -0.25) is 4.79 Å². The summed E-state index contributed by atoms with van der Waals surface area (Å²) in [5.74, 6) is 0.561. The molecule has 0 radical (unpaired) electrons. The zero-order valence-corrected chi connectivity index (χ0v) is 9.47. The number of carbonyl (C=O) groups is 1. The zero-order chi connectivity index (χ0) is 11.0. The van der Waals surface area contributed by atoms with Crippen LogP contribution >= 0.6 is 0 Å². The predicted molar refractivity (Wildman–Crippen MR) is 59.0 cm³/mol. The Bertz CT molecular complexity index is 159. The van der Waals surface area contributed by atoms with Crippen molar-refractivity contribution < 1.29 is 4.79 Å². The molecule has 1 atom stereocenters. The summed E-state index contributed by atoms with van der Waals surface area (Å²) in [5, 5.41) is 5.99. The van der Waals surface area contributed by atoms with Crippen molar-refractivity contribution in [2.45, 2.75) is 33.2 Å². The lowest BCUT2D eigenvalue weighted by atomic mass is 10.2. The van der Waals surface area contributed by atoms with Gasteiger partial charge in [-0.15, -0.1) is 0 Å². The van der Waals surface area contributed by atoms with Gasteiger partial charge in [-0.25, -0.2) is 0 Å². The Morgan fingerprint density at radius 2 is 2.00 bits per heavy atom. The SMILES string of the molecule is CC(C)CNC(=O)C(C)NCCCN. The maximum absolute atomic E-state index is 11.4. The lowest BCUT2D eigenvalue weighted by Gasteiger charge is -2.14. The van der Waals surface area contributed by atoms with Gasteiger partial charge in [0, 0.05) is 6.54 Å². The molecule has 4 nitrogen and oxygen atoms in total. The van der Waals surface area contributed by atoms with Gasteiger partial charge in [0.1, 0.15) is 0 Å². The van der Waals surface area contributed by atoms with Crippen molar-refractivity contribution in [1.29, 1.82) is 0 Å². The van der Waals surface area contributed by atoms with Crippen LogP contribution in [0.2, 0.25) is 0 Å². The molecule has 0 aromatic heterocycles. The number of carbonyl (C=O) groups excluding carboxylic acids is 1. The second-order valence-electron chi connectivity index (χ2n) is 3.96. The average Bonchev–Trinajstić information content (AvgIpc) is 2.14. The first-order chi connectivity index (χ1) is 6.57. The topological polar surface area (TPSA) is 67.2 Å². The van der Waals surface area contributed by atoms with Crippen LogP contribution in [-0.2, 0) is 4.79 Å². The average molecular weight is 201 g/mol. The van der Waals surface area contributed by atoms with Crippen LogP contribution in [0.5, 0.6) is 0 Å². The molecule has 0 spiro atoms. The molecule has 0 aromatic rings. The molecule has 0 aromatic carbocycles. The van der Waals surface area contributed by atoms with Gasteiger partial charge in [-0.2, -0.15) is 0 Å². The van der Waals surface area contributed by atoms with E-state index in [0.717, 1.165) is 19.5 Å². The quantitative estimate of drug-likeness (QED) is 0.511. The summed E-state index contributed by atoms with van der Waals surface area (Å²) in [6, 6.07) is -0.125. The number of hydrogen-bond donors (Lipinski definition) is 3. The summed E-state index contributed by atoms with van der Waals surface area (Å²) in [5.41, 5.74) is 5.35. The third kappa shape index (κ3) is 6.86. The van der Waals surface area contributed by atoms with E-state index in [0.29, 0.717) is 12.5 Å². The number of nitrogens with one attached hydrogen (secondary N) is 2. The minimum atomic E-state index is -0.125. The van der Waals surface area contributed by atoms with Crippen molar-refractivity contribution in [2.75, 3.05) is 19.6 Å². The number of rotatable bonds is 7. The molecule has 0 aliphatic heterocycles. The van der Waals surface area contributed by atoms with Crippen LogP contribution in [0.3, 0.4) is 0 Å². The fourth-order valence-corrected chi connectivity index (χ4v) is 0.971. The van der Waals surface area contributed by atoms with Crippen LogP contribution in [0.1, 0.15) is 27.2 Å². The molecule has 1 unspecified atom stereocenters. The van der Waals surface area contributed by atoms with Crippen LogP contribution in [0, 0.1) is 5.92 Å². The Kier molecular flexibility index (Phi) is 7.42. The molecule has 0 fully saturated rings. The van der Waals surface area contributed by atoms with Crippen LogP contribution in [0.25, 0.3) is 0 Å². The monoisotopic (exact) mass is 201 g/mol. The molecular formula is C10H23N3O. The van der Waals surface area contributed by atoms with Gasteiger partial charge in [0.05, 0.1) is 6.04 Å². The van der Waals surface area contributed by atoms with E-state index in [2.05, 4.69) is 24.5 Å². The molecule has 1 amide bonds. The third-order valence-electron chi connectivity index (χ3n) is 1.91. The van der Waals surface area contributed by atoms with Gasteiger partial charge >= 0.3 is 0 Å². The normalized spacial score (nSPS) is 12.9. The summed E-state index contributed by atoms with van der Waals surface area (Å²) < 4.78 is 0. The molecular weight excluding hydrogens is 178 g/mol. The molecule has 0 saturated heterocycles. The largest absolute Gasteiger partial charge is 0.354 e. The van der Waals surface area contributed by atoms with Crippen molar-refractivity contribution in [1.82, 2.24) is 10.6 Å². The molecule has 0 saturated carbocycles. The first-order valence-corrected chi connectivity index (χ1v) is 5.29. The highest BCUT2D eigenvalue weighted by molar-refractivity contribution is 5.81. The van der Waals surface area contributed by atoms with Gasteiger partial charge in [-0.1, -0.05) is 13.8 Å². The van der Waals surface area contributed by atoms with E-state index in [4.69, 9.17) is 5.73 Å². The van der Waals surface area contributed by atoms with Gasteiger partial charge in [0.15, 0.2) is 0 Å². The highest BCUT2D eigenvalue weighted by Gasteiger charge is 2.10. The fraction of sp³-hybridized carbons (Fsp3) is 0.900. The zero-order valence-electron chi connectivity index (χ0n) is 9.47. The highest BCUT2D eigenvalue weighted by Crippen LogP contribution is 1.89. The molecule has 4 N–H and O–H groups in total. The molecule has 84 valence electrons. The van der Waals surface area contributed by atoms with Gasteiger partial charge < -0.3 is 16.4 Å². The Balaban J connectivity index is 3.54. The summed E-state index contributed by atoms with van der Waals surface area (Å²) in [7, 11) is 0. The van der Waals surface area contributed by atoms with Crippen molar-refractivity contribution >= 4 is 5.91 Å². The fourth-order valence-electron chi connectivity index (χ4n) is 0.971. The molecule has 14 heavy (non-hydrogen) atoms. The number of hydrogen-bond acceptors (Lipinski definition) is 3. The molecule has 0 bridgehead atoms. The number of amides is 1. The van der Waals surface area contributed by atoms with Crippen molar-refractivity contribution in [3.8, 4) is 0 Å². The summed E-state index contributed by atoms with van der Waals surface area (Å²) in [6.45, 7) is 8.22. The minimum Gasteiger partial charge on any atom is -0.354 e. The Morgan fingerprint density at radius 3 is 2.50 bits per heavy atom. The lowest BCUT2D eigenvalue weighted by Crippen LogP contribution is -2.43. The first kappa shape index (κ1) is 13.4. The highest BCUT2D eigenvalue weighted by atomic mass is 16.2. The van der Waals surface area contributed by atoms with Gasteiger partial charge in [-0.05, 0) is 32.4 Å². The summed E-state index contributed by atoms with van der Waals surface area (Å²) >= 11 is 0. The molecule has 0 aliphatic carbocycles. The summed E-state index contributed by atoms with van der Waals surface area (Å²) in [4.78, 5) is 11.4. The first-order valence-electron chi connectivity index (χ1n) is 5.29. The Hall–Kier alpha value is -0.610. The van der Waals surface area contributed by atoms with Gasteiger partial charge in [0.25, 0.3) is 0 Å². The van der Waals surface area contributed by atoms with E-state index in [1.54, 1.807) is 0 Å². The van der Waals surface area contributed by atoms with Crippen molar-refractivity contribution in [2.24, 2.45) is 11.7 Å². The van der Waals surface area contributed by atoms with Crippen LogP contribution < -0.4 is 16.4 Å². The Morgan fingerprint density at radius 1 is 1.36 bits per heavy atom. The standard InChI is InChI=1S/C10H23N3O/c1-8(2)7-13-10(14)9(3)12-6-4-5-11/h8-9,12H,4-7,11H2,1-3H3,(H,13,14). The lowest BCUT2D eigenvalue weighted by molar-refractivity contribution is -0.122. The van der Waals surface area contributed by atoms with Crippen molar-refractivity contribution in [3.05, 3.63) is 0 Å². The van der Waals surface area contributed by atoms with Crippen molar-refractivity contribution in [3.63, 3.8) is 0 Å². The summed E-state index contributed by atoms with van der Waals surface area (Å²) in [6.07, 6.45) is 0.905. The van der Waals surface area contributed by atoms with Crippen LogP contribution in [-0.4, -0.2) is 31.6 Å². The second-order valence-corrected chi connectivity index (χ2v) is 3.96. The maximum atomic E-state index is 11.4. The second kappa shape index (κ2) is 7.76. The van der Waals surface area contributed by atoms with E-state index in [1.807, 2.05) is 6.92 Å². The van der Waals surface area contributed by atoms with Crippen LogP contribution in [0.15, 0.2) is 0 Å². The molecule has 0 rings (SSSR count). The predicted octanol–water partition coefficient (Wildman–Crippen LogP) is 0.0855. The maximum Gasteiger partial charge on any atom is 0.236 e. The number of nitrogens with two attached hydrogens (primary N) is 1. The molecule has 0 aliphatic rings. The Labute approximate surface area is 86.6 Å². The molecule has 4 heteroatoms. The third-order valence-corrected chi connectivity index (χ3v) is 1.91. The van der Waals surface area contributed by atoms with Gasteiger partial charge in [0.2, 0.25) is 5.91 Å². The van der Waals surface area contributed by atoms with Crippen LogP contribution in [0.4, 0.5) is 0 Å². The van der Waals surface area contributed by atoms with E-state index < -0.39 is 0 Å². The minimum absolute atomic E-state index is 0.0655. The van der Waals surface area contributed by atoms with E-state index in [-0.39, 0.29) is 11.9 Å². The van der Waals surface area contributed by atoms with E-state index >= 15 is 0 Å². The molecule has 0 heterocycles. The van der Waals surface area contributed by atoms with E-state index in [9.17, 15) is 4.79 Å². The van der Waals surface area contributed by atoms with E-state index in [1.165, 1.54) is 0 Å². The smallest absolute Gasteiger partial charge is 0.236 e.